The Hall–Kier alpha value is -2.30. The molecule has 0 aliphatic carbocycles. The molecule has 2 rings (SSSR count). The minimum Gasteiger partial charge on any atom is -0.372 e. The summed E-state index contributed by atoms with van der Waals surface area (Å²) in [4.78, 5) is 26.2. The van der Waals surface area contributed by atoms with Crippen molar-refractivity contribution in [2.24, 2.45) is 0 Å². The highest BCUT2D eigenvalue weighted by Gasteiger charge is 2.13. The zero-order valence-electron chi connectivity index (χ0n) is 16.0. The Bertz CT molecular complexity index is 602. The molecule has 2 N–H and O–H groups in total. The number of hydrogen-bond acceptors (Lipinski definition) is 3. The second kappa shape index (κ2) is 10.6. The van der Waals surface area contributed by atoms with Gasteiger partial charge >= 0.3 is 0 Å². The largest absolute Gasteiger partial charge is 0.372 e. The van der Waals surface area contributed by atoms with Gasteiger partial charge in [0.05, 0.1) is 0 Å². The number of rotatable bonds is 7. The van der Waals surface area contributed by atoms with Crippen LogP contribution in [0.3, 0.4) is 0 Å². The van der Waals surface area contributed by atoms with E-state index < -0.39 is 6.04 Å². The normalized spacial score (nSPS) is 16.2. The zero-order valence-corrected chi connectivity index (χ0v) is 16.0. The number of anilines is 1. The lowest BCUT2D eigenvalue weighted by molar-refractivity contribution is -0.126. The van der Waals surface area contributed by atoms with Crippen LogP contribution in [0.15, 0.2) is 30.3 Å². The van der Waals surface area contributed by atoms with E-state index in [4.69, 9.17) is 0 Å². The van der Waals surface area contributed by atoms with Gasteiger partial charge in [0.2, 0.25) is 11.8 Å². The molecule has 0 radical (unpaired) electrons. The topological polar surface area (TPSA) is 61.4 Å². The summed E-state index contributed by atoms with van der Waals surface area (Å²) in [5.74, 6) is -0.420. The quantitative estimate of drug-likeness (QED) is 0.737. The Balaban J connectivity index is 1.85. The molecule has 1 aliphatic heterocycles. The third kappa shape index (κ3) is 6.54. The van der Waals surface area contributed by atoms with E-state index in [0.29, 0.717) is 6.54 Å². The molecular formula is C21H31N3O2. The highest BCUT2D eigenvalue weighted by atomic mass is 16.2. The fraction of sp³-hybridized carbons (Fsp3) is 0.524. The third-order valence-electron chi connectivity index (χ3n) is 4.59. The van der Waals surface area contributed by atoms with Gasteiger partial charge in [-0.25, -0.2) is 0 Å². The number of nitrogens with zero attached hydrogens (tertiary/aromatic N) is 1. The predicted molar refractivity (Wildman–Crippen MR) is 107 cm³/mol. The van der Waals surface area contributed by atoms with Crippen molar-refractivity contribution in [2.75, 3.05) is 24.5 Å². The number of nitrogens with one attached hydrogen (secondary N) is 2. The van der Waals surface area contributed by atoms with Crippen molar-refractivity contribution in [1.82, 2.24) is 10.6 Å². The predicted octanol–water partition coefficient (Wildman–Crippen LogP) is 3.11. The van der Waals surface area contributed by atoms with Gasteiger partial charge in [-0.15, -0.1) is 0 Å². The number of hydrogen-bond donors (Lipinski definition) is 2. The number of carbonyl (C=O) groups is 2. The highest BCUT2D eigenvalue weighted by Crippen LogP contribution is 2.20. The van der Waals surface area contributed by atoms with Gasteiger partial charge in [-0.1, -0.05) is 31.9 Å². The number of amides is 2. The first-order valence-corrected chi connectivity index (χ1v) is 9.71. The van der Waals surface area contributed by atoms with Gasteiger partial charge < -0.3 is 15.5 Å². The van der Waals surface area contributed by atoms with E-state index >= 15 is 0 Å². The van der Waals surface area contributed by atoms with Crippen molar-refractivity contribution in [1.29, 1.82) is 0 Å². The van der Waals surface area contributed by atoms with E-state index in [2.05, 4.69) is 27.7 Å². The van der Waals surface area contributed by atoms with E-state index in [0.717, 1.165) is 25.1 Å². The van der Waals surface area contributed by atoms with Gasteiger partial charge in [-0.3, -0.25) is 9.59 Å². The molecule has 0 bridgehead atoms. The molecule has 0 unspecified atom stereocenters. The summed E-state index contributed by atoms with van der Waals surface area (Å²) in [5.41, 5.74) is 2.22. The van der Waals surface area contributed by atoms with E-state index in [-0.39, 0.29) is 11.8 Å². The molecule has 1 atom stereocenters. The number of benzene rings is 1. The SMILES string of the molecule is CCCNC(=O)[C@@H](C)NC(=O)/C=C/c1ccc(N2CCCCCC2)cc1. The molecule has 1 aromatic rings. The maximum absolute atomic E-state index is 12.0. The second-order valence-electron chi connectivity index (χ2n) is 6.85. The highest BCUT2D eigenvalue weighted by molar-refractivity contribution is 5.95. The Kier molecular flexibility index (Phi) is 8.19. The minimum atomic E-state index is -0.538. The Morgan fingerprint density at radius 3 is 2.38 bits per heavy atom. The molecule has 1 aliphatic rings. The van der Waals surface area contributed by atoms with E-state index in [9.17, 15) is 9.59 Å². The van der Waals surface area contributed by atoms with Crippen LogP contribution in [0.25, 0.3) is 6.08 Å². The Labute approximate surface area is 156 Å². The van der Waals surface area contributed by atoms with Crippen molar-refractivity contribution >= 4 is 23.6 Å². The van der Waals surface area contributed by atoms with Crippen LogP contribution in [0.4, 0.5) is 5.69 Å². The van der Waals surface area contributed by atoms with E-state index in [1.807, 2.05) is 19.1 Å². The van der Waals surface area contributed by atoms with Crippen LogP contribution in [-0.2, 0) is 9.59 Å². The van der Waals surface area contributed by atoms with Crippen LogP contribution in [-0.4, -0.2) is 37.5 Å². The zero-order chi connectivity index (χ0) is 18.8. The first kappa shape index (κ1) is 20.0. The maximum Gasteiger partial charge on any atom is 0.244 e. The molecule has 1 fully saturated rings. The fourth-order valence-electron chi connectivity index (χ4n) is 3.03. The molecule has 5 nitrogen and oxygen atoms in total. The third-order valence-corrected chi connectivity index (χ3v) is 4.59. The molecule has 2 amide bonds. The van der Waals surface area contributed by atoms with Crippen molar-refractivity contribution in [3.05, 3.63) is 35.9 Å². The molecule has 26 heavy (non-hydrogen) atoms. The summed E-state index contributed by atoms with van der Waals surface area (Å²) in [7, 11) is 0. The van der Waals surface area contributed by atoms with Gasteiger partial charge in [0.15, 0.2) is 0 Å². The Morgan fingerprint density at radius 1 is 1.12 bits per heavy atom. The minimum absolute atomic E-state index is 0.157. The molecule has 0 spiro atoms. The summed E-state index contributed by atoms with van der Waals surface area (Å²) >= 11 is 0. The molecule has 142 valence electrons. The lowest BCUT2D eigenvalue weighted by Gasteiger charge is -2.22. The van der Waals surface area contributed by atoms with Crippen molar-refractivity contribution in [3.63, 3.8) is 0 Å². The van der Waals surface area contributed by atoms with Gasteiger partial charge in [0.1, 0.15) is 6.04 Å². The lowest BCUT2D eigenvalue weighted by Crippen LogP contribution is -2.44. The molecule has 0 aromatic heterocycles. The molecule has 5 heteroatoms. The molecule has 1 saturated heterocycles. The van der Waals surface area contributed by atoms with Crippen molar-refractivity contribution in [3.8, 4) is 0 Å². The second-order valence-corrected chi connectivity index (χ2v) is 6.85. The van der Waals surface area contributed by atoms with Crippen molar-refractivity contribution in [2.45, 2.75) is 52.0 Å². The van der Waals surface area contributed by atoms with Crippen LogP contribution in [0.5, 0.6) is 0 Å². The molecule has 1 heterocycles. The smallest absolute Gasteiger partial charge is 0.244 e. The average Bonchev–Trinajstić information content (AvgIpc) is 2.94. The standard InChI is InChI=1S/C21H31N3O2/c1-3-14-22-21(26)17(2)23-20(25)13-10-18-8-11-19(12-9-18)24-15-6-4-5-7-16-24/h8-13,17H,3-7,14-16H2,1-2H3,(H,22,26)(H,23,25)/b13-10+/t17-/m1/s1. The van der Waals surface area contributed by atoms with Gasteiger partial charge in [0.25, 0.3) is 0 Å². The van der Waals surface area contributed by atoms with Crippen LogP contribution in [0.1, 0.15) is 51.5 Å². The van der Waals surface area contributed by atoms with E-state index in [1.54, 1.807) is 13.0 Å². The summed E-state index contributed by atoms with van der Waals surface area (Å²) in [6.45, 7) is 6.54. The lowest BCUT2D eigenvalue weighted by atomic mass is 10.1. The first-order chi connectivity index (χ1) is 12.6. The van der Waals surface area contributed by atoms with E-state index in [1.165, 1.54) is 37.4 Å². The van der Waals surface area contributed by atoms with Gasteiger partial charge in [0, 0.05) is 31.4 Å². The fourth-order valence-corrected chi connectivity index (χ4v) is 3.03. The average molecular weight is 357 g/mol. The molecular weight excluding hydrogens is 326 g/mol. The maximum atomic E-state index is 12.0. The Morgan fingerprint density at radius 2 is 1.77 bits per heavy atom. The van der Waals surface area contributed by atoms with Crippen LogP contribution < -0.4 is 15.5 Å². The monoisotopic (exact) mass is 357 g/mol. The summed E-state index contributed by atoms with van der Waals surface area (Å²) < 4.78 is 0. The van der Waals surface area contributed by atoms with Gasteiger partial charge in [-0.05, 0) is 50.0 Å². The van der Waals surface area contributed by atoms with Crippen LogP contribution in [0, 0.1) is 0 Å². The molecule has 0 saturated carbocycles. The summed E-state index contributed by atoms with van der Waals surface area (Å²) in [6.07, 6.45) is 9.28. The van der Waals surface area contributed by atoms with Gasteiger partial charge in [-0.2, -0.15) is 0 Å². The van der Waals surface area contributed by atoms with Crippen molar-refractivity contribution < 1.29 is 9.59 Å². The number of carbonyl (C=O) groups excluding carboxylic acids is 2. The molecule has 1 aromatic carbocycles. The summed E-state index contributed by atoms with van der Waals surface area (Å²) in [6, 6.07) is 7.75. The first-order valence-electron chi connectivity index (χ1n) is 9.71. The summed E-state index contributed by atoms with van der Waals surface area (Å²) in [5, 5.41) is 5.45. The van der Waals surface area contributed by atoms with Crippen LogP contribution in [0.2, 0.25) is 0 Å². The van der Waals surface area contributed by atoms with Crippen LogP contribution >= 0.6 is 0 Å².